The molecular formula is C42H54N8. The first-order valence-electron chi connectivity index (χ1n) is 18.5. The van der Waals surface area contributed by atoms with Gasteiger partial charge in [0.05, 0.1) is 0 Å². The Morgan fingerprint density at radius 3 is 0.580 bits per heavy atom. The molecule has 0 spiro atoms. The van der Waals surface area contributed by atoms with E-state index < -0.39 is 0 Å². The predicted molar refractivity (Wildman–Crippen MR) is 215 cm³/mol. The van der Waals surface area contributed by atoms with E-state index in [9.17, 15) is 0 Å². The lowest BCUT2D eigenvalue weighted by atomic mass is 10.1. The smallest absolute Gasteiger partial charge is 0.0401 e. The molecule has 12 heterocycles. The van der Waals surface area contributed by atoms with Crippen molar-refractivity contribution in [3.8, 4) is 0 Å². The summed E-state index contributed by atoms with van der Waals surface area (Å²) < 4.78 is 0. The third kappa shape index (κ3) is 14.6. The van der Waals surface area contributed by atoms with Crippen molar-refractivity contribution in [2.75, 3.05) is 78.5 Å². The number of benzene rings is 3. The Labute approximate surface area is 299 Å². The molecular weight excluding hydrogens is 617 g/mol. The van der Waals surface area contributed by atoms with Gasteiger partial charge >= 0.3 is 0 Å². The van der Waals surface area contributed by atoms with Crippen LogP contribution in [0.3, 0.4) is 0 Å². The molecule has 0 amide bonds. The largest absolute Gasteiger partial charge is 0.303 e. The van der Waals surface area contributed by atoms with Crippen molar-refractivity contribution in [1.29, 1.82) is 0 Å². The van der Waals surface area contributed by atoms with Crippen LogP contribution in [-0.2, 0) is 0 Å². The van der Waals surface area contributed by atoms with E-state index in [1.165, 1.54) is 0 Å². The zero-order chi connectivity index (χ0) is 34.3. The van der Waals surface area contributed by atoms with Gasteiger partial charge in [-0.1, -0.05) is 72.8 Å². The second-order valence-corrected chi connectivity index (χ2v) is 13.0. The molecule has 0 aromatic heterocycles. The number of aliphatic imine (C=N–C) groups is 6. The van der Waals surface area contributed by atoms with Gasteiger partial charge in [-0.25, -0.2) is 0 Å². The maximum absolute atomic E-state index is 4.74. The Morgan fingerprint density at radius 1 is 0.260 bits per heavy atom. The fourth-order valence-electron chi connectivity index (χ4n) is 6.01. The zero-order valence-corrected chi connectivity index (χ0v) is 29.7. The molecule has 262 valence electrons. The minimum Gasteiger partial charge on any atom is -0.303 e. The summed E-state index contributed by atoms with van der Waals surface area (Å²) in [6.07, 6.45) is 18.1. The lowest BCUT2D eigenvalue weighted by Crippen LogP contribution is -2.28. The first kappa shape index (κ1) is 36.9. The number of rotatable bonds is 0. The van der Waals surface area contributed by atoms with E-state index in [0.717, 1.165) is 150 Å². The molecule has 3 aromatic rings. The van der Waals surface area contributed by atoms with Gasteiger partial charge in [0.15, 0.2) is 0 Å². The quantitative estimate of drug-likeness (QED) is 0.271. The van der Waals surface area contributed by atoms with Gasteiger partial charge in [0.2, 0.25) is 0 Å². The summed E-state index contributed by atoms with van der Waals surface area (Å²) in [6, 6.07) is 25.6. The molecule has 0 atom stereocenters. The van der Waals surface area contributed by atoms with Crippen LogP contribution >= 0.6 is 0 Å². The van der Waals surface area contributed by atoms with E-state index in [4.69, 9.17) is 30.0 Å². The van der Waals surface area contributed by atoms with Gasteiger partial charge < -0.3 is 9.80 Å². The van der Waals surface area contributed by atoms with Gasteiger partial charge in [-0.3, -0.25) is 30.0 Å². The first-order chi connectivity index (χ1) is 24.8. The van der Waals surface area contributed by atoms with Crippen molar-refractivity contribution in [3.05, 3.63) is 106 Å². The Hall–Kier alpha value is -4.40. The molecule has 15 rings (SSSR count). The highest BCUT2D eigenvalue weighted by atomic mass is 15.1. The van der Waals surface area contributed by atoms with Crippen LogP contribution in [0.5, 0.6) is 0 Å². The predicted octanol–water partition coefficient (Wildman–Crippen LogP) is 6.57. The van der Waals surface area contributed by atoms with Crippen molar-refractivity contribution >= 4 is 37.3 Å². The molecule has 12 aliphatic rings. The van der Waals surface area contributed by atoms with Gasteiger partial charge in [-0.2, -0.15) is 0 Å². The van der Waals surface area contributed by atoms with Gasteiger partial charge in [0.1, 0.15) is 0 Å². The summed E-state index contributed by atoms with van der Waals surface area (Å²) in [6.45, 7) is 11.0. The second kappa shape index (κ2) is 22.3. The molecule has 50 heavy (non-hydrogen) atoms. The Balaban J connectivity index is 1.31. The van der Waals surface area contributed by atoms with Crippen molar-refractivity contribution in [1.82, 2.24) is 9.80 Å². The molecule has 0 aliphatic carbocycles. The van der Waals surface area contributed by atoms with Crippen molar-refractivity contribution < 1.29 is 0 Å². The van der Waals surface area contributed by atoms with Gasteiger partial charge in [0.25, 0.3) is 0 Å². The lowest BCUT2D eigenvalue weighted by molar-refractivity contribution is 0.269. The number of nitrogens with zero attached hydrogens (tertiary/aromatic N) is 8. The van der Waals surface area contributed by atoms with E-state index >= 15 is 0 Å². The fraction of sp³-hybridized carbons (Fsp3) is 0.429. The Morgan fingerprint density at radius 2 is 0.420 bits per heavy atom. The summed E-state index contributed by atoms with van der Waals surface area (Å²) in [5, 5.41) is 0. The SMILES string of the molecule is C1=NCCCN2CCCN=Cc3ccc(cc3)C=NCCCN(CCCN=Cc3ccc1cc3)CCCN=Cc1ccc(cc1)C=NCCC2. The summed E-state index contributed by atoms with van der Waals surface area (Å²) in [5.74, 6) is 0. The molecule has 0 radical (unpaired) electrons. The fourth-order valence-corrected chi connectivity index (χ4v) is 6.01. The minimum absolute atomic E-state index is 0.814. The van der Waals surface area contributed by atoms with Crippen LogP contribution in [0.2, 0.25) is 0 Å². The van der Waals surface area contributed by atoms with E-state index in [-0.39, 0.29) is 0 Å². The molecule has 0 saturated carbocycles. The second-order valence-electron chi connectivity index (χ2n) is 13.0. The average molecular weight is 671 g/mol. The average Bonchev–Trinajstić information content (AvgIpc) is 3.14. The third-order valence-corrected chi connectivity index (χ3v) is 8.82. The normalized spacial score (nSPS) is 20.9. The van der Waals surface area contributed by atoms with Gasteiger partial charge in [-0.15, -0.1) is 0 Å². The number of hydrogen-bond acceptors (Lipinski definition) is 8. The Bertz CT molecular complexity index is 1250. The highest BCUT2D eigenvalue weighted by Crippen LogP contribution is 2.06. The maximum atomic E-state index is 4.74. The van der Waals surface area contributed by atoms with Crippen molar-refractivity contribution in [2.24, 2.45) is 30.0 Å². The standard InChI is InChI=1S/C42H54N8/c1-19-43-31-37-7-9-38(10-8-37)34-46-22-4-28-50-29-5-23-47-35-41-15-11-39(12-16-41)32-44-20-2-26-49(25-1)27-3-21-45-33-40-13-17-42(18-14-40)36-48-24-6-30-50/h7-18,31-36H,1-6,19-30H2. The summed E-state index contributed by atoms with van der Waals surface area (Å²) >= 11 is 0. The van der Waals surface area contributed by atoms with Gasteiger partial charge in [-0.05, 0) is 111 Å². The lowest BCUT2D eigenvalue weighted by Gasteiger charge is -2.21. The molecule has 3 aromatic carbocycles. The Kier molecular flexibility index (Phi) is 16.5. The zero-order valence-electron chi connectivity index (χ0n) is 29.7. The summed E-state index contributed by atoms with van der Waals surface area (Å²) in [7, 11) is 0. The molecule has 8 nitrogen and oxygen atoms in total. The van der Waals surface area contributed by atoms with E-state index in [2.05, 4.69) is 82.6 Å². The molecule has 12 aliphatic heterocycles. The molecule has 0 fully saturated rings. The van der Waals surface area contributed by atoms with Crippen molar-refractivity contribution in [3.63, 3.8) is 0 Å². The van der Waals surface area contributed by atoms with E-state index in [1.54, 1.807) is 0 Å². The topological polar surface area (TPSA) is 80.6 Å². The summed E-state index contributed by atoms with van der Waals surface area (Å²) in [5.41, 5.74) is 6.76. The van der Waals surface area contributed by atoms with E-state index in [1.807, 2.05) is 37.3 Å². The van der Waals surface area contributed by atoms with Crippen LogP contribution in [0.25, 0.3) is 0 Å². The minimum atomic E-state index is 0.814. The molecule has 0 unspecified atom stereocenters. The monoisotopic (exact) mass is 670 g/mol. The van der Waals surface area contributed by atoms with Crippen molar-refractivity contribution in [2.45, 2.75) is 38.5 Å². The summed E-state index contributed by atoms with van der Waals surface area (Å²) in [4.78, 5) is 33.6. The van der Waals surface area contributed by atoms with Crippen LogP contribution in [0.1, 0.15) is 71.9 Å². The van der Waals surface area contributed by atoms with Gasteiger partial charge in [0, 0.05) is 76.6 Å². The third-order valence-electron chi connectivity index (χ3n) is 8.82. The highest BCUT2D eigenvalue weighted by molar-refractivity contribution is 5.85. The van der Waals surface area contributed by atoms with Crippen LogP contribution in [0, 0.1) is 0 Å². The van der Waals surface area contributed by atoms with Crippen LogP contribution in [-0.4, -0.2) is 126 Å². The molecule has 8 heteroatoms. The first-order valence-corrected chi connectivity index (χ1v) is 18.5. The molecule has 0 N–H and O–H groups in total. The van der Waals surface area contributed by atoms with Crippen LogP contribution in [0.4, 0.5) is 0 Å². The molecule has 0 saturated heterocycles. The molecule has 8 bridgehead atoms. The van der Waals surface area contributed by atoms with E-state index in [0.29, 0.717) is 0 Å². The van der Waals surface area contributed by atoms with Crippen LogP contribution in [0.15, 0.2) is 103 Å². The van der Waals surface area contributed by atoms with Crippen LogP contribution < -0.4 is 0 Å². The maximum Gasteiger partial charge on any atom is 0.0401 e. The highest BCUT2D eigenvalue weighted by Gasteiger charge is 2.06. The number of hydrogen-bond donors (Lipinski definition) is 0.